The molecule has 0 spiro atoms. The molecule has 0 N–H and O–H groups in total. The molecule has 0 fully saturated rings. The van der Waals surface area contributed by atoms with E-state index in [0.717, 1.165) is 28.2 Å². The molecule has 1 heterocycles. The third-order valence-corrected chi connectivity index (χ3v) is 12.7. The number of para-hydroxylation sites is 1. The second-order valence-corrected chi connectivity index (χ2v) is 16.6. The summed E-state index contributed by atoms with van der Waals surface area (Å²) in [6, 6.07) is 64.6. The summed E-state index contributed by atoms with van der Waals surface area (Å²) >= 11 is 0. The summed E-state index contributed by atoms with van der Waals surface area (Å²) in [5.74, 6) is 0. The predicted octanol–water partition coefficient (Wildman–Crippen LogP) is 15.0. The van der Waals surface area contributed by atoms with Crippen molar-refractivity contribution in [3.05, 3.63) is 198 Å². The van der Waals surface area contributed by atoms with Crippen LogP contribution in [0.3, 0.4) is 0 Å². The van der Waals surface area contributed by atoms with E-state index in [2.05, 4.69) is 202 Å². The van der Waals surface area contributed by atoms with Crippen LogP contribution in [0.2, 0.25) is 0 Å². The molecule has 11 rings (SSSR count). The molecule has 0 saturated heterocycles. The summed E-state index contributed by atoms with van der Waals surface area (Å²) in [6.45, 7) is 9.37. The van der Waals surface area contributed by atoms with Gasteiger partial charge >= 0.3 is 0 Å². The van der Waals surface area contributed by atoms with Crippen LogP contribution in [-0.4, -0.2) is 0 Å². The Bertz CT molecular complexity index is 3000. The summed E-state index contributed by atoms with van der Waals surface area (Å²) < 4.78 is 6.33. The molecule has 0 amide bonds. The lowest BCUT2D eigenvalue weighted by atomic mass is 9.82. The zero-order chi connectivity index (χ0) is 37.8. The van der Waals surface area contributed by atoms with E-state index in [1.54, 1.807) is 0 Å². The average Bonchev–Trinajstić information content (AvgIpc) is 3.80. The van der Waals surface area contributed by atoms with Crippen molar-refractivity contribution in [1.29, 1.82) is 0 Å². The van der Waals surface area contributed by atoms with Crippen LogP contribution in [0.25, 0.3) is 66.4 Å². The topological polar surface area (TPSA) is 16.4 Å². The van der Waals surface area contributed by atoms with Crippen LogP contribution in [0.5, 0.6) is 0 Å². The summed E-state index contributed by atoms with van der Waals surface area (Å²) in [6.07, 6.45) is 0. The van der Waals surface area contributed by atoms with Crippen molar-refractivity contribution in [3.63, 3.8) is 0 Å². The molecular formula is C54H41NO. The quantitative estimate of drug-likeness (QED) is 0.176. The van der Waals surface area contributed by atoms with Gasteiger partial charge in [-0.05, 0) is 127 Å². The zero-order valence-corrected chi connectivity index (χ0v) is 32.1. The first-order chi connectivity index (χ1) is 27.3. The molecule has 2 aliphatic rings. The fraction of sp³-hybridized carbons (Fsp3) is 0.111. The molecule has 0 atom stereocenters. The fourth-order valence-electron chi connectivity index (χ4n) is 9.66. The lowest BCUT2D eigenvalue weighted by Crippen LogP contribution is -2.16. The fourth-order valence-corrected chi connectivity index (χ4v) is 9.66. The number of hydrogen-bond acceptors (Lipinski definition) is 2. The van der Waals surface area contributed by atoms with Crippen LogP contribution in [0, 0.1) is 0 Å². The number of furan rings is 1. The Labute approximate surface area is 328 Å². The molecule has 0 saturated carbocycles. The number of anilines is 3. The summed E-state index contributed by atoms with van der Waals surface area (Å²) in [7, 11) is 0. The maximum atomic E-state index is 6.33. The van der Waals surface area contributed by atoms with Crippen molar-refractivity contribution in [3.8, 4) is 44.5 Å². The molecule has 8 aromatic carbocycles. The normalized spacial score (nSPS) is 14.4. The van der Waals surface area contributed by atoms with Gasteiger partial charge in [-0.1, -0.05) is 143 Å². The highest BCUT2D eigenvalue weighted by Gasteiger charge is 2.37. The first-order valence-corrected chi connectivity index (χ1v) is 19.7. The Morgan fingerprint density at radius 1 is 0.339 bits per heavy atom. The van der Waals surface area contributed by atoms with E-state index in [0.29, 0.717) is 0 Å². The minimum absolute atomic E-state index is 0.0914. The first-order valence-electron chi connectivity index (χ1n) is 19.7. The molecule has 2 heteroatoms. The molecule has 2 aliphatic carbocycles. The number of hydrogen-bond donors (Lipinski definition) is 0. The van der Waals surface area contributed by atoms with Crippen molar-refractivity contribution in [2.75, 3.05) is 4.90 Å². The van der Waals surface area contributed by atoms with Gasteiger partial charge in [0.15, 0.2) is 0 Å². The maximum absolute atomic E-state index is 6.33. The van der Waals surface area contributed by atoms with Gasteiger partial charge in [0.1, 0.15) is 11.2 Å². The Morgan fingerprint density at radius 3 is 1.62 bits per heavy atom. The molecule has 0 unspecified atom stereocenters. The van der Waals surface area contributed by atoms with E-state index in [1.807, 2.05) is 6.07 Å². The molecular weight excluding hydrogens is 679 g/mol. The SMILES string of the molecule is CC1(C)c2ccccc2-c2ccc(N(c3ccc(-c4ccccc4)cc3)c3ccc(-c4ccc5c(c4)-c4cc6c(cc4C5(C)C)oc4ccccc46)cc3)cc21. The van der Waals surface area contributed by atoms with Crippen LogP contribution < -0.4 is 4.90 Å². The van der Waals surface area contributed by atoms with Crippen molar-refractivity contribution >= 4 is 39.0 Å². The molecule has 268 valence electrons. The third kappa shape index (κ3) is 4.82. The predicted molar refractivity (Wildman–Crippen MR) is 234 cm³/mol. The van der Waals surface area contributed by atoms with E-state index >= 15 is 0 Å². The highest BCUT2D eigenvalue weighted by Crippen LogP contribution is 2.53. The maximum Gasteiger partial charge on any atom is 0.135 e. The summed E-state index contributed by atoms with van der Waals surface area (Å²) in [5.41, 5.74) is 20.6. The average molecular weight is 720 g/mol. The molecule has 0 bridgehead atoms. The van der Waals surface area contributed by atoms with Gasteiger partial charge in [0.25, 0.3) is 0 Å². The molecule has 0 aliphatic heterocycles. The Kier molecular flexibility index (Phi) is 6.98. The van der Waals surface area contributed by atoms with Crippen LogP contribution >= 0.6 is 0 Å². The van der Waals surface area contributed by atoms with Crippen LogP contribution in [0.4, 0.5) is 17.1 Å². The molecule has 2 nitrogen and oxygen atoms in total. The molecule has 56 heavy (non-hydrogen) atoms. The van der Waals surface area contributed by atoms with Crippen molar-refractivity contribution in [2.24, 2.45) is 0 Å². The van der Waals surface area contributed by atoms with Gasteiger partial charge in [-0.2, -0.15) is 0 Å². The highest BCUT2D eigenvalue weighted by molar-refractivity contribution is 6.08. The van der Waals surface area contributed by atoms with Gasteiger partial charge in [0.05, 0.1) is 0 Å². The van der Waals surface area contributed by atoms with Crippen molar-refractivity contribution in [2.45, 2.75) is 38.5 Å². The van der Waals surface area contributed by atoms with Gasteiger partial charge in [-0.15, -0.1) is 0 Å². The van der Waals surface area contributed by atoms with Gasteiger partial charge in [0, 0.05) is 38.7 Å². The van der Waals surface area contributed by atoms with Gasteiger partial charge < -0.3 is 9.32 Å². The number of benzene rings is 8. The Hall–Kier alpha value is -6.64. The van der Waals surface area contributed by atoms with Gasteiger partial charge in [0.2, 0.25) is 0 Å². The highest BCUT2D eigenvalue weighted by atomic mass is 16.3. The lowest BCUT2D eigenvalue weighted by Gasteiger charge is -2.28. The molecule has 9 aromatic rings. The second-order valence-electron chi connectivity index (χ2n) is 16.6. The minimum Gasteiger partial charge on any atom is -0.456 e. The summed E-state index contributed by atoms with van der Waals surface area (Å²) in [5, 5.41) is 2.34. The second kappa shape index (κ2) is 11.9. The van der Waals surface area contributed by atoms with E-state index in [-0.39, 0.29) is 10.8 Å². The molecule has 1 aromatic heterocycles. The smallest absolute Gasteiger partial charge is 0.135 e. The van der Waals surface area contributed by atoms with Gasteiger partial charge in [-0.3, -0.25) is 0 Å². The zero-order valence-electron chi connectivity index (χ0n) is 32.1. The van der Waals surface area contributed by atoms with Crippen LogP contribution in [0.1, 0.15) is 49.9 Å². The van der Waals surface area contributed by atoms with E-state index in [1.165, 1.54) is 77.5 Å². The Morgan fingerprint density at radius 2 is 0.875 bits per heavy atom. The minimum atomic E-state index is -0.122. The number of rotatable bonds is 5. The lowest BCUT2D eigenvalue weighted by molar-refractivity contribution is 0.647. The van der Waals surface area contributed by atoms with E-state index < -0.39 is 0 Å². The Balaban J connectivity index is 1.00. The molecule has 0 radical (unpaired) electrons. The first kappa shape index (κ1) is 32.8. The number of fused-ring (bicyclic) bond motifs is 9. The third-order valence-electron chi connectivity index (χ3n) is 12.7. The van der Waals surface area contributed by atoms with E-state index in [4.69, 9.17) is 4.42 Å². The van der Waals surface area contributed by atoms with Crippen LogP contribution in [0.15, 0.2) is 180 Å². The standard InChI is InChI=1S/C54H41NO/c1-53(2)47-16-10-8-14-41(47)42-28-27-40(31-49(42)53)55(38-23-18-35(19-24-38)34-12-6-5-7-13-34)39-25-20-36(21-26-39)37-22-29-48-44(30-37)45-32-46-43-15-9-11-17-51(43)56-52(46)33-50(45)54(48,3)4/h5-33H,1-4H3. The van der Waals surface area contributed by atoms with Gasteiger partial charge in [-0.25, -0.2) is 0 Å². The van der Waals surface area contributed by atoms with Crippen molar-refractivity contribution < 1.29 is 4.42 Å². The van der Waals surface area contributed by atoms with E-state index in [9.17, 15) is 0 Å². The largest absolute Gasteiger partial charge is 0.456 e. The number of nitrogens with zero attached hydrogens (tertiary/aromatic N) is 1. The summed E-state index contributed by atoms with van der Waals surface area (Å²) in [4.78, 5) is 2.40. The van der Waals surface area contributed by atoms with Crippen LogP contribution in [-0.2, 0) is 10.8 Å². The van der Waals surface area contributed by atoms with Crippen molar-refractivity contribution in [1.82, 2.24) is 0 Å². The monoisotopic (exact) mass is 719 g/mol.